The zero-order valence-electron chi connectivity index (χ0n) is 27.2. The summed E-state index contributed by atoms with van der Waals surface area (Å²) in [5.41, 5.74) is 2.94. The van der Waals surface area contributed by atoms with E-state index in [0.29, 0.717) is 23.8 Å². The minimum atomic E-state index is -4.25. The number of nitrogens with one attached hydrogen (secondary N) is 1. The van der Waals surface area contributed by atoms with Crippen molar-refractivity contribution in [2.24, 2.45) is 0 Å². The van der Waals surface area contributed by atoms with E-state index in [1.165, 1.54) is 29.2 Å². The molecule has 0 radical (unpaired) electrons. The van der Waals surface area contributed by atoms with Crippen LogP contribution in [0.5, 0.6) is 5.75 Å². The Balaban J connectivity index is 1.81. The van der Waals surface area contributed by atoms with Gasteiger partial charge in [0.15, 0.2) is 0 Å². The molecular weight excluding hydrogens is 634 g/mol. The van der Waals surface area contributed by atoms with Gasteiger partial charge in [-0.25, -0.2) is 8.42 Å². The van der Waals surface area contributed by atoms with E-state index in [2.05, 4.69) is 5.32 Å². The van der Waals surface area contributed by atoms with Crippen LogP contribution in [0.3, 0.4) is 0 Å². The van der Waals surface area contributed by atoms with Crippen molar-refractivity contribution in [1.82, 2.24) is 10.2 Å². The second kappa shape index (κ2) is 16.5. The molecule has 1 N–H and O–H groups in total. The summed E-state index contributed by atoms with van der Waals surface area (Å²) >= 11 is 6.08. The van der Waals surface area contributed by atoms with Gasteiger partial charge in [0, 0.05) is 24.0 Å². The van der Waals surface area contributed by atoms with Gasteiger partial charge in [-0.2, -0.15) is 0 Å². The molecule has 0 spiro atoms. The minimum Gasteiger partial charge on any atom is -0.494 e. The Hall–Kier alpha value is -4.34. The van der Waals surface area contributed by atoms with Gasteiger partial charge in [-0.15, -0.1) is 0 Å². The van der Waals surface area contributed by atoms with Crippen molar-refractivity contribution in [2.45, 2.75) is 64.1 Å². The Kier molecular flexibility index (Phi) is 12.4. The van der Waals surface area contributed by atoms with Crippen LogP contribution in [0.4, 0.5) is 5.69 Å². The van der Waals surface area contributed by atoms with E-state index in [-0.39, 0.29) is 35.5 Å². The lowest BCUT2D eigenvalue weighted by atomic mass is 10.0. The highest BCUT2D eigenvalue weighted by Gasteiger charge is 2.35. The van der Waals surface area contributed by atoms with Gasteiger partial charge in [0.2, 0.25) is 11.8 Å². The molecular formula is C37H42ClN3O5S. The molecule has 2 atom stereocenters. The van der Waals surface area contributed by atoms with E-state index >= 15 is 0 Å². The Labute approximate surface area is 283 Å². The second-order valence-corrected chi connectivity index (χ2v) is 13.7. The van der Waals surface area contributed by atoms with Gasteiger partial charge < -0.3 is 15.0 Å². The van der Waals surface area contributed by atoms with E-state index in [4.69, 9.17) is 16.3 Å². The minimum absolute atomic E-state index is 0.0237. The number of hydrogen-bond acceptors (Lipinski definition) is 5. The Morgan fingerprint density at radius 2 is 1.51 bits per heavy atom. The summed E-state index contributed by atoms with van der Waals surface area (Å²) in [6.07, 6.45) is 0.952. The van der Waals surface area contributed by atoms with E-state index in [1.54, 1.807) is 24.3 Å². The quantitative estimate of drug-likeness (QED) is 0.150. The van der Waals surface area contributed by atoms with Gasteiger partial charge in [-0.3, -0.25) is 13.9 Å². The average Bonchev–Trinajstić information content (AvgIpc) is 3.07. The summed E-state index contributed by atoms with van der Waals surface area (Å²) in [4.78, 5) is 30.1. The molecule has 4 aromatic carbocycles. The predicted molar refractivity (Wildman–Crippen MR) is 187 cm³/mol. The van der Waals surface area contributed by atoms with Crippen molar-refractivity contribution in [3.05, 3.63) is 125 Å². The number of sulfonamides is 1. The standard InChI is InChI=1S/C37H42ClN3O5S/c1-5-28(4)39-37(43)35(24-29-13-8-7-9-14-29)40(25-30-15-11-10-12-27(30)3)36(42)26-41(32-18-20-33(21-19-32)46-6-2)47(44,45)34-22-16-31(38)17-23-34/h7-23,28,35H,5-6,24-26H2,1-4H3,(H,39,43). The third kappa shape index (κ3) is 9.36. The van der Waals surface area contributed by atoms with Gasteiger partial charge in [0.25, 0.3) is 10.0 Å². The highest BCUT2D eigenvalue weighted by atomic mass is 35.5. The number of amides is 2. The number of anilines is 1. The number of benzene rings is 4. The van der Waals surface area contributed by atoms with Gasteiger partial charge in [-0.1, -0.05) is 73.1 Å². The van der Waals surface area contributed by atoms with Crippen LogP contribution in [0.2, 0.25) is 5.02 Å². The van der Waals surface area contributed by atoms with E-state index in [0.717, 1.165) is 21.0 Å². The molecule has 0 saturated carbocycles. The normalized spacial score (nSPS) is 12.5. The number of aryl methyl sites for hydroxylation is 1. The topological polar surface area (TPSA) is 96.0 Å². The first-order chi connectivity index (χ1) is 22.5. The van der Waals surface area contributed by atoms with Crippen LogP contribution < -0.4 is 14.4 Å². The molecule has 4 rings (SSSR count). The van der Waals surface area contributed by atoms with Crippen LogP contribution in [0, 0.1) is 6.92 Å². The lowest BCUT2D eigenvalue weighted by Gasteiger charge is -2.34. The van der Waals surface area contributed by atoms with E-state index in [1.807, 2.05) is 82.3 Å². The third-order valence-corrected chi connectivity index (χ3v) is 10.0. The van der Waals surface area contributed by atoms with E-state index < -0.39 is 28.5 Å². The van der Waals surface area contributed by atoms with Crippen molar-refractivity contribution < 1.29 is 22.7 Å². The highest BCUT2D eigenvalue weighted by Crippen LogP contribution is 2.28. The fraction of sp³-hybridized carbons (Fsp3) is 0.297. The van der Waals surface area contributed by atoms with Crippen molar-refractivity contribution in [3.8, 4) is 5.75 Å². The van der Waals surface area contributed by atoms with Gasteiger partial charge in [-0.05, 0) is 92.4 Å². The summed E-state index contributed by atoms with van der Waals surface area (Å²) in [5, 5.41) is 3.44. The Bertz CT molecular complexity index is 1730. The number of ether oxygens (including phenoxy) is 1. The van der Waals surface area contributed by atoms with Crippen molar-refractivity contribution in [2.75, 3.05) is 17.5 Å². The Morgan fingerprint density at radius 1 is 0.872 bits per heavy atom. The van der Waals surface area contributed by atoms with Gasteiger partial charge in [0.1, 0.15) is 18.3 Å². The molecule has 10 heteroatoms. The number of rotatable bonds is 15. The number of nitrogens with zero attached hydrogens (tertiary/aromatic N) is 2. The van der Waals surface area contributed by atoms with E-state index in [9.17, 15) is 18.0 Å². The molecule has 0 heterocycles. The van der Waals surface area contributed by atoms with Crippen molar-refractivity contribution >= 4 is 39.1 Å². The number of carbonyl (C=O) groups excluding carboxylic acids is 2. The average molecular weight is 676 g/mol. The summed E-state index contributed by atoms with van der Waals surface area (Å²) in [6.45, 7) is 7.69. The van der Waals surface area contributed by atoms with Gasteiger partial charge >= 0.3 is 0 Å². The molecule has 0 aliphatic carbocycles. The molecule has 0 aromatic heterocycles. The molecule has 0 fully saturated rings. The van der Waals surface area contributed by atoms with Crippen LogP contribution in [0.1, 0.15) is 43.9 Å². The molecule has 248 valence electrons. The molecule has 0 saturated heterocycles. The van der Waals surface area contributed by atoms with Crippen molar-refractivity contribution in [1.29, 1.82) is 0 Å². The molecule has 2 unspecified atom stereocenters. The number of halogens is 1. The second-order valence-electron chi connectivity index (χ2n) is 11.4. The first-order valence-corrected chi connectivity index (χ1v) is 17.5. The van der Waals surface area contributed by atoms with Crippen LogP contribution in [-0.4, -0.2) is 50.4 Å². The number of carbonyl (C=O) groups is 2. The predicted octanol–water partition coefficient (Wildman–Crippen LogP) is 6.80. The lowest BCUT2D eigenvalue weighted by molar-refractivity contribution is -0.140. The zero-order valence-corrected chi connectivity index (χ0v) is 28.8. The zero-order chi connectivity index (χ0) is 34.0. The smallest absolute Gasteiger partial charge is 0.264 e. The molecule has 0 aliphatic rings. The molecule has 0 bridgehead atoms. The maximum absolute atomic E-state index is 14.6. The first-order valence-electron chi connectivity index (χ1n) is 15.7. The van der Waals surface area contributed by atoms with Crippen LogP contribution in [0.25, 0.3) is 0 Å². The maximum atomic E-state index is 14.6. The van der Waals surface area contributed by atoms with Crippen LogP contribution in [-0.2, 0) is 32.6 Å². The first kappa shape index (κ1) is 35.5. The fourth-order valence-corrected chi connectivity index (χ4v) is 6.64. The SMILES string of the molecule is CCOc1ccc(N(CC(=O)N(Cc2ccccc2C)C(Cc2ccccc2)C(=O)NC(C)CC)S(=O)(=O)c2ccc(Cl)cc2)cc1. The molecule has 2 amide bonds. The highest BCUT2D eigenvalue weighted by molar-refractivity contribution is 7.92. The monoisotopic (exact) mass is 675 g/mol. The fourth-order valence-electron chi connectivity index (χ4n) is 5.10. The summed E-state index contributed by atoms with van der Waals surface area (Å²) in [5.74, 6) is -0.268. The Morgan fingerprint density at radius 3 is 2.13 bits per heavy atom. The maximum Gasteiger partial charge on any atom is 0.264 e. The van der Waals surface area contributed by atoms with Crippen LogP contribution in [0.15, 0.2) is 108 Å². The number of hydrogen-bond donors (Lipinski definition) is 1. The summed E-state index contributed by atoms with van der Waals surface area (Å²) < 4.78 is 35.1. The molecule has 0 aliphatic heterocycles. The largest absolute Gasteiger partial charge is 0.494 e. The lowest BCUT2D eigenvalue weighted by Crippen LogP contribution is -2.54. The third-order valence-electron chi connectivity index (χ3n) is 7.99. The van der Waals surface area contributed by atoms with Crippen LogP contribution >= 0.6 is 11.6 Å². The molecule has 4 aromatic rings. The molecule has 8 nitrogen and oxygen atoms in total. The van der Waals surface area contributed by atoms with Gasteiger partial charge in [0.05, 0.1) is 17.2 Å². The van der Waals surface area contributed by atoms with Crippen molar-refractivity contribution in [3.63, 3.8) is 0 Å². The molecule has 47 heavy (non-hydrogen) atoms. The summed E-state index contributed by atoms with van der Waals surface area (Å²) in [6, 6.07) is 28.4. The summed E-state index contributed by atoms with van der Waals surface area (Å²) in [7, 11) is -4.25.